The van der Waals surface area contributed by atoms with E-state index in [0.29, 0.717) is 12.6 Å². The number of nitrogens with one attached hydrogen (secondary N) is 2. The zero-order valence-corrected chi connectivity index (χ0v) is 10.2. The zero-order valence-electron chi connectivity index (χ0n) is 10.2. The Hall–Kier alpha value is -1.20. The zero-order chi connectivity index (χ0) is 11.8. The summed E-state index contributed by atoms with van der Waals surface area (Å²) >= 11 is 0. The molecule has 1 heterocycles. The molecule has 0 amide bonds. The minimum Gasteiger partial charge on any atom is -0.383 e. The van der Waals surface area contributed by atoms with Crippen LogP contribution < -0.4 is 10.6 Å². The predicted octanol–water partition coefficient (Wildman–Crippen LogP) is 1.03. The summed E-state index contributed by atoms with van der Waals surface area (Å²) in [6.45, 7) is 6.37. The first-order chi connectivity index (χ1) is 7.72. The van der Waals surface area contributed by atoms with Gasteiger partial charge in [0.05, 0.1) is 12.3 Å². The van der Waals surface area contributed by atoms with Crippen molar-refractivity contribution in [3.05, 3.63) is 17.8 Å². The van der Waals surface area contributed by atoms with Crippen molar-refractivity contribution >= 4 is 5.82 Å². The fraction of sp³-hybridized carbons (Fsp3) is 0.636. The fourth-order valence-electron chi connectivity index (χ4n) is 1.14. The molecule has 0 saturated heterocycles. The minimum absolute atomic E-state index is 0.460. The van der Waals surface area contributed by atoms with E-state index in [-0.39, 0.29) is 0 Å². The molecular weight excluding hydrogens is 204 g/mol. The molecule has 0 aliphatic heterocycles. The van der Waals surface area contributed by atoms with Crippen molar-refractivity contribution in [2.45, 2.75) is 26.4 Å². The van der Waals surface area contributed by atoms with E-state index in [9.17, 15) is 0 Å². The molecule has 16 heavy (non-hydrogen) atoms. The number of methoxy groups -OCH3 is 1. The van der Waals surface area contributed by atoms with Crippen molar-refractivity contribution in [3.8, 4) is 0 Å². The highest BCUT2D eigenvalue weighted by Gasteiger charge is 1.98. The van der Waals surface area contributed by atoms with Gasteiger partial charge in [0.25, 0.3) is 0 Å². The van der Waals surface area contributed by atoms with Crippen LogP contribution in [0.4, 0.5) is 5.82 Å². The molecule has 0 aliphatic carbocycles. The molecule has 5 nitrogen and oxygen atoms in total. The molecule has 90 valence electrons. The van der Waals surface area contributed by atoms with Crippen molar-refractivity contribution in [3.63, 3.8) is 0 Å². The van der Waals surface area contributed by atoms with E-state index < -0.39 is 0 Å². The average Bonchev–Trinajstić information content (AvgIpc) is 2.28. The van der Waals surface area contributed by atoms with Crippen LogP contribution in [0.15, 0.2) is 12.1 Å². The van der Waals surface area contributed by atoms with Gasteiger partial charge in [-0.3, -0.25) is 0 Å². The Morgan fingerprint density at radius 2 is 2.12 bits per heavy atom. The lowest BCUT2D eigenvalue weighted by Crippen LogP contribution is -2.22. The van der Waals surface area contributed by atoms with Crippen LogP contribution in [0.2, 0.25) is 0 Å². The standard InChI is InChI=1S/C11H20N4O/c1-9(2)13-8-10-4-5-11(15-14-10)12-6-7-16-3/h4-5,9,13H,6-8H2,1-3H3,(H,12,15). The van der Waals surface area contributed by atoms with Crippen molar-refractivity contribution in [2.24, 2.45) is 0 Å². The van der Waals surface area contributed by atoms with E-state index in [1.165, 1.54) is 0 Å². The largest absolute Gasteiger partial charge is 0.383 e. The number of aromatic nitrogens is 2. The van der Waals surface area contributed by atoms with Gasteiger partial charge in [-0.05, 0) is 12.1 Å². The molecule has 0 saturated carbocycles. The van der Waals surface area contributed by atoms with Gasteiger partial charge in [-0.1, -0.05) is 13.8 Å². The summed E-state index contributed by atoms with van der Waals surface area (Å²) in [7, 11) is 1.67. The van der Waals surface area contributed by atoms with Crippen molar-refractivity contribution < 1.29 is 4.74 Å². The van der Waals surface area contributed by atoms with E-state index >= 15 is 0 Å². The molecule has 0 aliphatic rings. The minimum atomic E-state index is 0.460. The van der Waals surface area contributed by atoms with Crippen molar-refractivity contribution in [2.75, 3.05) is 25.6 Å². The quantitative estimate of drug-likeness (QED) is 0.677. The Kier molecular flexibility index (Phi) is 5.74. The topological polar surface area (TPSA) is 59.1 Å². The molecule has 1 rings (SSSR count). The molecule has 0 atom stereocenters. The number of rotatable bonds is 7. The first-order valence-corrected chi connectivity index (χ1v) is 5.51. The number of nitrogens with zero attached hydrogens (tertiary/aromatic N) is 2. The van der Waals surface area contributed by atoms with Crippen LogP contribution in [0.25, 0.3) is 0 Å². The average molecular weight is 224 g/mol. The predicted molar refractivity (Wildman–Crippen MR) is 64.4 cm³/mol. The Bertz CT molecular complexity index is 287. The Morgan fingerprint density at radius 1 is 1.31 bits per heavy atom. The molecule has 2 N–H and O–H groups in total. The maximum Gasteiger partial charge on any atom is 0.148 e. The molecular formula is C11H20N4O. The molecule has 5 heteroatoms. The SMILES string of the molecule is COCCNc1ccc(CNC(C)C)nn1. The van der Waals surface area contributed by atoms with Gasteiger partial charge < -0.3 is 15.4 Å². The summed E-state index contributed by atoms with van der Waals surface area (Å²) in [5.74, 6) is 0.783. The Labute approximate surface area is 96.6 Å². The molecule has 1 aromatic heterocycles. The number of ether oxygens (including phenoxy) is 1. The third kappa shape index (κ3) is 5.04. The van der Waals surface area contributed by atoms with E-state index in [4.69, 9.17) is 4.74 Å². The van der Waals surface area contributed by atoms with Crippen molar-refractivity contribution in [1.82, 2.24) is 15.5 Å². The second-order valence-electron chi connectivity index (χ2n) is 3.87. The Balaban J connectivity index is 2.35. The number of anilines is 1. The summed E-state index contributed by atoms with van der Waals surface area (Å²) < 4.78 is 4.93. The summed E-state index contributed by atoms with van der Waals surface area (Å²) in [4.78, 5) is 0. The molecule has 0 unspecified atom stereocenters. The van der Waals surface area contributed by atoms with Crippen LogP contribution in [0.5, 0.6) is 0 Å². The second-order valence-corrected chi connectivity index (χ2v) is 3.87. The lowest BCUT2D eigenvalue weighted by molar-refractivity contribution is 0.210. The third-order valence-electron chi connectivity index (χ3n) is 2.02. The van der Waals surface area contributed by atoms with Gasteiger partial charge in [0, 0.05) is 26.2 Å². The fourth-order valence-corrected chi connectivity index (χ4v) is 1.14. The van der Waals surface area contributed by atoms with Crippen LogP contribution in [-0.2, 0) is 11.3 Å². The first kappa shape index (κ1) is 12.9. The summed E-state index contributed by atoms with van der Waals surface area (Å²) in [5, 5.41) is 14.6. The normalized spacial score (nSPS) is 10.8. The van der Waals surface area contributed by atoms with Crippen LogP contribution in [0.1, 0.15) is 19.5 Å². The smallest absolute Gasteiger partial charge is 0.148 e. The highest BCUT2D eigenvalue weighted by molar-refractivity contribution is 5.32. The molecule has 0 aromatic carbocycles. The number of hydrogen-bond acceptors (Lipinski definition) is 5. The van der Waals surface area contributed by atoms with Crippen LogP contribution in [-0.4, -0.2) is 36.5 Å². The van der Waals surface area contributed by atoms with Gasteiger partial charge in [0.15, 0.2) is 0 Å². The molecule has 0 fully saturated rings. The summed E-state index contributed by atoms with van der Waals surface area (Å²) in [5.41, 5.74) is 0.950. The lowest BCUT2D eigenvalue weighted by atomic mass is 10.3. The highest BCUT2D eigenvalue weighted by Crippen LogP contribution is 2.01. The van der Waals surface area contributed by atoms with E-state index in [2.05, 4.69) is 34.7 Å². The summed E-state index contributed by atoms with van der Waals surface area (Å²) in [6.07, 6.45) is 0. The number of hydrogen-bond donors (Lipinski definition) is 2. The Morgan fingerprint density at radius 3 is 2.69 bits per heavy atom. The maximum absolute atomic E-state index is 4.93. The van der Waals surface area contributed by atoms with E-state index in [1.54, 1.807) is 7.11 Å². The van der Waals surface area contributed by atoms with Gasteiger partial charge in [-0.15, -0.1) is 5.10 Å². The van der Waals surface area contributed by atoms with Crippen LogP contribution in [0.3, 0.4) is 0 Å². The summed E-state index contributed by atoms with van der Waals surface area (Å²) in [6, 6.07) is 4.36. The van der Waals surface area contributed by atoms with Gasteiger partial charge in [0.2, 0.25) is 0 Å². The monoisotopic (exact) mass is 224 g/mol. The molecule has 0 spiro atoms. The third-order valence-corrected chi connectivity index (χ3v) is 2.02. The van der Waals surface area contributed by atoms with Crippen LogP contribution >= 0.6 is 0 Å². The van der Waals surface area contributed by atoms with Crippen LogP contribution in [0, 0.1) is 0 Å². The van der Waals surface area contributed by atoms with E-state index in [1.807, 2.05) is 12.1 Å². The van der Waals surface area contributed by atoms with Gasteiger partial charge in [0.1, 0.15) is 5.82 Å². The van der Waals surface area contributed by atoms with E-state index in [0.717, 1.165) is 24.6 Å². The van der Waals surface area contributed by atoms with Crippen molar-refractivity contribution in [1.29, 1.82) is 0 Å². The maximum atomic E-state index is 4.93. The lowest BCUT2D eigenvalue weighted by Gasteiger charge is -2.07. The molecule has 1 aromatic rings. The highest BCUT2D eigenvalue weighted by atomic mass is 16.5. The van der Waals surface area contributed by atoms with Gasteiger partial charge in [-0.2, -0.15) is 5.10 Å². The first-order valence-electron chi connectivity index (χ1n) is 5.51. The van der Waals surface area contributed by atoms with Gasteiger partial charge >= 0.3 is 0 Å². The van der Waals surface area contributed by atoms with Gasteiger partial charge in [-0.25, -0.2) is 0 Å². The molecule has 0 bridgehead atoms. The second kappa shape index (κ2) is 7.14. The molecule has 0 radical (unpaired) electrons.